The van der Waals surface area contributed by atoms with E-state index in [-0.39, 0.29) is 4.65 Å². The van der Waals surface area contributed by atoms with Crippen LogP contribution in [0.3, 0.4) is 0 Å². The fourth-order valence-electron chi connectivity index (χ4n) is 1.39. The van der Waals surface area contributed by atoms with E-state index in [1.165, 1.54) is 25.7 Å². The van der Waals surface area contributed by atoms with Crippen molar-refractivity contribution in [3.05, 3.63) is 17.5 Å². The van der Waals surface area contributed by atoms with Gasteiger partial charge in [-0.1, -0.05) is 26.2 Å². The maximum absolute atomic E-state index is 11.8. The molecular weight excluding hydrogens is 174 g/mol. The third-order valence-electron chi connectivity index (χ3n) is 2.67. The zero-order chi connectivity index (χ0) is 10.9. The lowest BCUT2D eigenvalue weighted by atomic mass is 10.1. The van der Waals surface area contributed by atoms with Gasteiger partial charge in [0.25, 0.3) is 0 Å². The second-order valence-electron chi connectivity index (χ2n) is 3.82. The quantitative estimate of drug-likeness (QED) is 0.331. The minimum absolute atomic E-state index is 0.173. The average Bonchev–Trinajstić information content (AvgIpc) is 2.23. The normalized spacial score (nSPS) is 12.6. The average molecular weight is 199 g/mol. The second-order valence-corrected chi connectivity index (χ2v) is 3.82. The third kappa shape index (κ3) is 6.17. The minimum Gasteiger partial charge on any atom is -0.628 e. The van der Waals surface area contributed by atoms with E-state index in [1.807, 2.05) is 20.0 Å². The van der Waals surface area contributed by atoms with Crippen molar-refractivity contribution in [1.82, 2.24) is 0 Å². The van der Waals surface area contributed by atoms with Crippen LogP contribution in [0.1, 0.15) is 52.9 Å². The number of nitrogens with zero attached hydrogens (tertiary/aromatic N) is 1. The first-order valence-electron chi connectivity index (χ1n) is 5.94. The number of unbranched alkanes of at least 4 members (excludes halogenated alkanes) is 4. The summed E-state index contributed by atoms with van der Waals surface area (Å²) in [6.07, 6.45) is 10.0. The summed E-state index contributed by atoms with van der Waals surface area (Å²) in [6, 6.07) is 0. The van der Waals surface area contributed by atoms with Crippen molar-refractivity contribution in [2.45, 2.75) is 52.9 Å². The molecule has 0 saturated carbocycles. The van der Waals surface area contributed by atoms with Gasteiger partial charge in [-0.2, -0.15) is 0 Å². The first-order chi connectivity index (χ1) is 6.68. The Hall–Kier alpha value is -0.340. The van der Waals surface area contributed by atoms with E-state index < -0.39 is 0 Å². The number of hydrogen-bond donors (Lipinski definition) is 0. The fraction of sp³-hybridized carbons (Fsp3) is 0.833. The van der Waals surface area contributed by atoms with Gasteiger partial charge in [0, 0.05) is 0 Å². The molecule has 0 fully saturated rings. The van der Waals surface area contributed by atoms with Crippen molar-refractivity contribution >= 4 is 0 Å². The number of hydroxylamine groups is 3. The van der Waals surface area contributed by atoms with Gasteiger partial charge < -0.3 is 9.85 Å². The highest BCUT2D eigenvalue weighted by molar-refractivity contribution is 4.75. The van der Waals surface area contributed by atoms with E-state index in [0.717, 1.165) is 6.42 Å². The molecule has 84 valence electrons. The van der Waals surface area contributed by atoms with E-state index in [1.54, 1.807) is 0 Å². The van der Waals surface area contributed by atoms with Crippen LogP contribution in [-0.4, -0.2) is 17.7 Å². The minimum atomic E-state index is -0.173. The second kappa shape index (κ2) is 8.01. The molecule has 0 rings (SSSR count). The summed E-state index contributed by atoms with van der Waals surface area (Å²) in [5, 5.41) is 11.8. The van der Waals surface area contributed by atoms with E-state index in [4.69, 9.17) is 0 Å². The first kappa shape index (κ1) is 13.7. The van der Waals surface area contributed by atoms with Crippen LogP contribution in [0, 0.1) is 5.21 Å². The molecule has 0 amide bonds. The number of rotatable bonds is 8. The lowest BCUT2D eigenvalue weighted by Gasteiger charge is -2.36. The molecule has 0 atom stereocenters. The summed E-state index contributed by atoms with van der Waals surface area (Å²) in [7, 11) is 0. The summed E-state index contributed by atoms with van der Waals surface area (Å²) < 4.78 is -0.173. The van der Waals surface area contributed by atoms with Gasteiger partial charge in [-0.05, 0) is 32.8 Å². The van der Waals surface area contributed by atoms with Crippen LogP contribution < -0.4 is 0 Å². The van der Waals surface area contributed by atoms with Crippen molar-refractivity contribution < 1.29 is 4.65 Å². The van der Waals surface area contributed by atoms with E-state index >= 15 is 0 Å². The molecule has 0 aliphatic carbocycles. The van der Waals surface area contributed by atoms with Crippen LogP contribution in [0.5, 0.6) is 0 Å². The Morgan fingerprint density at radius 3 is 2.14 bits per heavy atom. The number of quaternary nitrogens is 1. The molecule has 0 bridgehead atoms. The molecule has 0 aromatic carbocycles. The van der Waals surface area contributed by atoms with Crippen LogP contribution in [-0.2, 0) is 0 Å². The van der Waals surface area contributed by atoms with Crippen LogP contribution >= 0.6 is 0 Å². The maximum atomic E-state index is 11.8. The van der Waals surface area contributed by atoms with E-state index in [0.29, 0.717) is 13.1 Å². The molecule has 2 nitrogen and oxygen atoms in total. The van der Waals surface area contributed by atoms with Crippen LogP contribution in [0.15, 0.2) is 12.3 Å². The molecule has 2 heteroatoms. The third-order valence-corrected chi connectivity index (χ3v) is 2.67. The SMILES string of the molecule is CCCCCC/C=C/[N+]([O-])(CC)CC. The molecule has 14 heavy (non-hydrogen) atoms. The number of allylic oxidation sites excluding steroid dienone is 1. The van der Waals surface area contributed by atoms with E-state index in [9.17, 15) is 5.21 Å². The summed E-state index contributed by atoms with van der Waals surface area (Å²) >= 11 is 0. The topological polar surface area (TPSA) is 23.1 Å². The zero-order valence-electron chi connectivity index (χ0n) is 9.96. The summed E-state index contributed by atoms with van der Waals surface area (Å²) in [5.41, 5.74) is 0. The molecule has 0 unspecified atom stereocenters. The smallest absolute Gasteiger partial charge is 0.0918 e. The van der Waals surface area contributed by atoms with Crippen molar-refractivity contribution in [1.29, 1.82) is 0 Å². The molecular formula is C12H25NO. The van der Waals surface area contributed by atoms with Gasteiger partial charge in [0.2, 0.25) is 0 Å². The largest absolute Gasteiger partial charge is 0.628 e. The van der Waals surface area contributed by atoms with Gasteiger partial charge in [0.05, 0.1) is 19.3 Å². The zero-order valence-corrected chi connectivity index (χ0v) is 9.96. The van der Waals surface area contributed by atoms with Gasteiger partial charge >= 0.3 is 0 Å². The van der Waals surface area contributed by atoms with Crippen LogP contribution in [0.2, 0.25) is 0 Å². The number of hydrogen-bond acceptors (Lipinski definition) is 1. The van der Waals surface area contributed by atoms with Gasteiger partial charge in [-0.3, -0.25) is 0 Å². The molecule has 0 heterocycles. The summed E-state index contributed by atoms with van der Waals surface area (Å²) in [6.45, 7) is 7.38. The van der Waals surface area contributed by atoms with Gasteiger partial charge in [0.1, 0.15) is 0 Å². The Kier molecular flexibility index (Phi) is 7.81. The van der Waals surface area contributed by atoms with Crippen LogP contribution in [0.25, 0.3) is 0 Å². The van der Waals surface area contributed by atoms with Gasteiger partial charge in [-0.15, -0.1) is 0 Å². The molecule has 0 saturated heterocycles. The summed E-state index contributed by atoms with van der Waals surface area (Å²) in [5.74, 6) is 0. The maximum Gasteiger partial charge on any atom is 0.0918 e. The Bertz CT molecular complexity index is 150. The van der Waals surface area contributed by atoms with Crippen LogP contribution in [0.4, 0.5) is 0 Å². The van der Waals surface area contributed by atoms with Crippen molar-refractivity contribution in [3.63, 3.8) is 0 Å². The molecule has 0 aliphatic rings. The van der Waals surface area contributed by atoms with Crippen molar-refractivity contribution in [3.8, 4) is 0 Å². The van der Waals surface area contributed by atoms with Gasteiger partial charge in [0.15, 0.2) is 0 Å². The lowest BCUT2D eigenvalue weighted by Crippen LogP contribution is -2.35. The molecule has 0 aromatic heterocycles. The predicted molar refractivity (Wildman–Crippen MR) is 62.6 cm³/mol. The molecule has 0 radical (unpaired) electrons. The Balaban J connectivity index is 3.59. The highest BCUT2D eigenvalue weighted by atomic mass is 16.5. The van der Waals surface area contributed by atoms with E-state index in [2.05, 4.69) is 13.0 Å². The highest BCUT2D eigenvalue weighted by Gasteiger charge is 2.04. The fourth-order valence-corrected chi connectivity index (χ4v) is 1.39. The Morgan fingerprint density at radius 2 is 1.64 bits per heavy atom. The molecule has 0 spiro atoms. The standard InChI is InChI=1S/C12H25NO/c1-4-7-8-9-10-11-12-13(14,5-2)6-3/h11-12H,4-10H2,1-3H3/b12-11+. The molecule has 0 aromatic rings. The molecule has 0 N–H and O–H groups in total. The first-order valence-corrected chi connectivity index (χ1v) is 5.94. The summed E-state index contributed by atoms with van der Waals surface area (Å²) in [4.78, 5) is 0. The van der Waals surface area contributed by atoms with Crippen molar-refractivity contribution in [2.24, 2.45) is 0 Å². The lowest BCUT2D eigenvalue weighted by molar-refractivity contribution is -0.825. The van der Waals surface area contributed by atoms with Gasteiger partial charge in [-0.25, -0.2) is 0 Å². The predicted octanol–water partition coefficient (Wildman–Crippen LogP) is 3.82. The Labute approximate surface area is 88.8 Å². The Morgan fingerprint density at radius 1 is 1.00 bits per heavy atom. The highest BCUT2D eigenvalue weighted by Crippen LogP contribution is 2.07. The molecule has 0 aliphatic heterocycles. The van der Waals surface area contributed by atoms with Crippen molar-refractivity contribution in [2.75, 3.05) is 13.1 Å². The monoisotopic (exact) mass is 199 g/mol.